The van der Waals surface area contributed by atoms with Crippen LogP contribution in [-0.4, -0.2) is 57.1 Å². The van der Waals surface area contributed by atoms with Crippen molar-refractivity contribution in [1.29, 1.82) is 0 Å². The number of hydrogen-bond acceptors (Lipinski definition) is 6. The molecule has 3 aromatic carbocycles. The summed E-state index contributed by atoms with van der Waals surface area (Å²) in [5, 5.41) is 2.71. The Hall–Kier alpha value is -3.57. The minimum Gasteiger partial charge on any atom is -0.494 e. The van der Waals surface area contributed by atoms with Gasteiger partial charge in [-0.2, -0.15) is 0 Å². The molecule has 2 amide bonds. The molecule has 1 atom stereocenters. The zero-order valence-corrected chi connectivity index (χ0v) is 24.6. The highest BCUT2D eigenvalue weighted by atomic mass is 32.2. The molecule has 8 nitrogen and oxygen atoms in total. The number of benzene rings is 3. The third-order valence-corrected chi connectivity index (χ3v) is 8.68. The summed E-state index contributed by atoms with van der Waals surface area (Å²) in [6, 6.07) is 17.5. The molecule has 0 aliphatic heterocycles. The van der Waals surface area contributed by atoms with Crippen LogP contribution in [0.3, 0.4) is 0 Å². The fourth-order valence-corrected chi connectivity index (χ4v) is 5.79. The van der Waals surface area contributed by atoms with Crippen LogP contribution in [0.2, 0.25) is 0 Å². The van der Waals surface area contributed by atoms with Gasteiger partial charge in [0.25, 0.3) is 10.0 Å². The second kappa shape index (κ2) is 14.2. The molecule has 0 heterocycles. The minimum atomic E-state index is -4.18. The summed E-state index contributed by atoms with van der Waals surface area (Å²) in [5.74, 6) is -0.858. The largest absolute Gasteiger partial charge is 0.494 e. The van der Waals surface area contributed by atoms with Gasteiger partial charge in [0, 0.05) is 18.0 Å². The Morgan fingerprint density at radius 1 is 0.975 bits per heavy atom. The lowest BCUT2D eigenvalue weighted by atomic mass is 10.1. The van der Waals surface area contributed by atoms with Gasteiger partial charge in [-0.25, -0.2) is 12.8 Å². The first-order chi connectivity index (χ1) is 19.1. The summed E-state index contributed by atoms with van der Waals surface area (Å²) in [6.07, 6.45) is 1.89. The number of ether oxygens (including phenoxy) is 1. The number of halogens is 1. The normalized spacial score (nSPS) is 11.9. The molecule has 40 heavy (non-hydrogen) atoms. The number of sulfonamides is 1. The van der Waals surface area contributed by atoms with Crippen LogP contribution in [0.4, 0.5) is 10.1 Å². The van der Waals surface area contributed by atoms with Crippen molar-refractivity contribution < 1.29 is 27.1 Å². The van der Waals surface area contributed by atoms with Crippen molar-refractivity contribution in [3.05, 3.63) is 84.2 Å². The van der Waals surface area contributed by atoms with E-state index >= 15 is 0 Å². The molecule has 11 heteroatoms. The molecule has 0 bridgehead atoms. The molecule has 214 valence electrons. The lowest BCUT2D eigenvalue weighted by molar-refractivity contribution is -0.139. The van der Waals surface area contributed by atoms with Gasteiger partial charge in [-0.05, 0) is 93.3 Å². The molecular weight excluding hydrogens is 553 g/mol. The number of rotatable bonds is 13. The van der Waals surface area contributed by atoms with E-state index in [2.05, 4.69) is 5.32 Å². The van der Waals surface area contributed by atoms with Crippen molar-refractivity contribution in [2.45, 2.75) is 43.1 Å². The molecule has 1 N–H and O–H groups in total. The minimum absolute atomic E-state index is 0.0169. The molecule has 3 rings (SSSR count). The van der Waals surface area contributed by atoms with Crippen LogP contribution in [0, 0.1) is 5.82 Å². The lowest BCUT2D eigenvalue weighted by Gasteiger charge is -2.32. The monoisotopic (exact) mass is 587 g/mol. The van der Waals surface area contributed by atoms with Gasteiger partial charge in [0.1, 0.15) is 24.2 Å². The summed E-state index contributed by atoms with van der Waals surface area (Å²) in [5.41, 5.74) is 0.854. The molecule has 0 aliphatic carbocycles. The number of nitrogens with one attached hydrogen (secondary N) is 1. The van der Waals surface area contributed by atoms with Gasteiger partial charge in [-0.3, -0.25) is 13.9 Å². The van der Waals surface area contributed by atoms with E-state index in [1.807, 2.05) is 13.2 Å². The summed E-state index contributed by atoms with van der Waals surface area (Å²) in [6.45, 7) is 5.40. The van der Waals surface area contributed by atoms with Gasteiger partial charge in [0.05, 0.1) is 17.2 Å². The third kappa shape index (κ3) is 7.76. The van der Waals surface area contributed by atoms with Crippen LogP contribution < -0.4 is 14.4 Å². The summed E-state index contributed by atoms with van der Waals surface area (Å²) >= 11 is 1.48. The molecule has 0 saturated carbocycles. The van der Waals surface area contributed by atoms with Crippen molar-refractivity contribution >= 4 is 39.3 Å². The smallest absolute Gasteiger partial charge is 0.264 e. The Balaban J connectivity index is 2.02. The number of carbonyl (C=O) groups excluding carboxylic acids is 2. The van der Waals surface area contributed by atoms with E-state index in [1.54, 1.807) is 50.2 Å². The Labute approximate surface area is 239 Å². The molecule has 0 fully saturated rings. The number of carbonyl (C=O) groups is 2. The van der Waals surface area contributed by atoms with E-state index in [4.69, 9.17) is 4.74 Å². The van der Waals surface area contributed by atoms with Crippen LogP contribution in [0.15, 0.2) is 82.6 Å². The zero-order chi connectivity index (χ0) is 29.3. The highest BCUT2D eigenvalue weighted by Gasteiger charge is 2.32. The summed E-state index contributed by atoms with van der Waals surface area (Å²) < 4.78 is 47.8. The highest BCUT2D eigenvalue weighted by molar-refractivity contribution is 7.98. The van der Waals surface area contributed by atoms with E-state index in [-0.39, 0.29) is 23.0 Å². The van der Waals surface area contributed by atoms with Crippen LogP contribution in [0.1, 0.15) is 26.3 Å². The van der Waals surface area contributed by atoms with E-state index in [9.17, 15) is 22.4 Å². The average molecular weight is 588 g/mol. The summed E-state index contributed by atoms with van der Waals surface area (Å²) in [4.78, 5) is 28.8. The highest BCUT2D eigenvalue weighted by Crippen LogP contribution is 2.28. The van der Waals surface area contributed by atoms with E-state index < -0.39 is 34.3 Å². The maximum atomic E-state index is 13.9. The van der Waals surface area contributed by atoms with Crippen LogP contribution in [0.5, 0.6) is 5.75 Å². The Bertz CT molecular complexity index is 1380. The quantitative estimate of drug-likeness (QED) is 0.292. The molecule has 1 unspecified atom stereocenters. The van der Waals surface area contributed by atoms with Gasteiger partial charge >= 0.3 is 0 Å². The molecule has 0 aliphatic rings. The number of amides is 2. The van der Waals surface area contributed by atoms with Gasteiger partial charge in [0.15, 0.2) is 0 Å². The van der Waals surface area contributed by atoms with Crippen LogP contribution in [-0.2, 0) is 26.2 Å². The topological polar surface area (TPSA) is 96.0 Å². The Kier molecular flexibility index (Phi) is 11.0. The van der Waals surface area contributed by atoms with Crippen molar-refractivity contribution in [2.75, 3.05) is 30.3 Å². The lowest BCUT2D eigenvalue weighted by Crippen LogP contribution is -2.51. The number of thioether (sulfide) groups is 1. The fraction of sp³-hybridized carbons (Fsp3) is 0.310. The number of likely N-dealkylation sites (N-methyl/N-ethyl adjacent to an activating group) is 1. The Morgan fingerprint density at radius 3 is 2.15 bits per heavy atom. The second-order valence-corrected chi connectivity index (χ2v) is 11.6. The number of anilines is 1. The molecule has 0 aromatic heterocycles. The molecule has 0 spiro atoms. The molecule has 0 radical (unpaired) electrons. The first kappa shape index (κ1) is 31.0. The van der Waals surface area contributed by atoms with Crippen LogP contribution >= 0.6 is 11.8 Å². The van der Waals surface area contributed by atoms with Crippen molar-refractivity contribution in [2.24, 2.45) is 0 Å². The number of hydrogen-bond donors (Lipinski definition) is 1. The molecule has 3 aromatic rings. The van der Waals surface area contributed by atoms with E-state index in [1.165, 1.54) is 53.1 Å². The van der Waals surface area contributed by atoms with Crippen molar-refractivity contribution in [3.63, 3.8) is 0 Å². The first-order valence-electron chi connectivity index (χ1n) is 12.8. The van der Waals surface area contributed by atoms with Gasteiger partial charge in [0.2, 0.25) is 11.8 Å². The maximum absolute atomic E-state index is 13.9. The van der Waals surface area contributed by atoms with Crippen molar-refractivity contribution in [1.82, 2.24) is 10.2 Å². The van der Waals surface area contributed by atoms with E-state index in [0.717, 1.165) is 9.20 Å². The van der Waals surface area contributed by atoms with Gasteiger partial charge in [-0.15, -0.1) is 11.8 Å². The summed E-state index contributed by atoms with van der Waals surface area (Å²) in [7, 11) is -4.18. The Morgan fingerprint density at radius 2 is 1.60 bits per heavy atom. The van der Waals surface area contributed by atoms with Gasteiger partial charge in [-0.1, -0.05) is 12.1 Å². The zero-order valence-electron chi connectivity index (χ0n) is 23.0. The molecular formula is C29H34FN3O5S2. The van der Waals surface area contributed by atoms with Gasteiger partial charge < -0.3 is 15.0 Å². The standard InChI is InChI=1S/C29H34FN3O5S2/c1-5-31-29(35)21(3)32(19-22-7-9-23(30)10-8-22)28(34)20-33(24-11-13-25(14-12-24)38-6-2)40(36,37)27-17-15-26(39-4)16-18-27/h7-18,21H,5-6,19-20H2,1-4H3,(H,31,35). The first-order valence-corrected chi connectivity index (χ1v) is 15.5. The maximum Gasteiger partial charge on any atom is 0.264 e. The molecule has 0 saturated heterocycles. The van der Waals surface area contributed by atoms with Crippen molar-refractivity contribution in [3.8, 4) is 5.75 Å². The van der Waals surface area contributed by atoms with E-state index in [0.29, 0.717) is 24.5 Å². The second-order valence-electron chi connectivity index (χ2n) is 8.83. The predicted molar refractivity (Wildman–Crippen MR) is 155 cm³/mol. The predicted octanol–water partition coefficient (Wildman–Crippen LogP) is 4.70. The fourth-order valence-electron chi connectivity index (χ4n) is 3.97. The SMILES string of the molecule is CCNC(=O)C(C)N(Cc1ccc(F)cc1)C(=O)CN(c1ccc(OCC)cc1)S(=O)(=O)c1ccc(SC)cc1. The third-order valence-electron chi connectivity index (χ3n) is 6.15. The average Bonchev–Trinajstić information content (AvgIpc) is 2.96. The van der Waals surface area contributed by atoms with Crippen LogP contribution in [0.25, 0.3) is 0 Å². The number of nitrogens with zero attached hydrogens (tertiary/aromatic N) is 2.